The molecule has 1 aliphatic rings. The van der Waals surface area contributed by atoms with E-state index >= 15 is 0 Å². The first kappa shape index (κ1) is 17.0. The highest BCUT2D eigenvalue weighted by Gasteiger charge is 2.39. The lowest BCUT2D eigenvalue weighted by Gasteiger charge is -2.44. The Kier molecular flexibility index (Phi) is 8.01. The molecule has 1 atom stereocenters. The maximum atomic E-state index is 6.30. The molecular weight excluding hydrogens is 234 g/mol. The van der Waals surface area contributed by atoms with E-state index in [-0.39, 0.29) is 5.60 Å². The summed E-state index contributed by atoms with van der Waals surface area (Å²) in [5.74, 6) is 0.785. The summed E-state index contributed by atoms with van der Waals surface area (Å²) in [4.78, 5) is 0. The van der Waals surface area contributed by atoms with Crippen LogP contribution in [0.25, 0.3) is 0 Å². The van der Waals surface area contributed by atoms with Gasteiger partial charge in [-0.15, -0.1) is 0 Å². The molecule has 0 heterocycles. The quantitative estimate of drug-likeness (QED) is 0.664. The van der Waals surface area contributed by atoms with Crippen LogP contribution in [0.1, 0.15) is 79.1 Å². The Morgan fingerprint density at radius 2 is 1.74 bits per heavy atom. The van der Waals surface area contributed by atoms with E-state index in [0.29, 0.717) is 6.04 Å². The first-order valence-electron chi connectivity index (χ1n) is 8.52. The lowest BCUT2D eigenvalue weighted by molar-refractivity contribution is -0.0921. The second kappa shape index (κ2) is 8.97. The van der Waals surface area contributed by atoms with E-state index < -0.39 is 0 Å². The fraction of sp³-hybridized carbons (Fsp3) is 1.00. The van der Waals surface area contributed by atoms with Crippen LogP contribution in [0.3, 0.4) is 0 Å². The van der Waals surface area contributed by atoms with Gasteiger partial charge in [0, 0.05) is 12.6 Å². The molecule has 0 amide bonds. The maximum Gasteiger partial charge on any atom is 0.0834 e. The van der Waals surface area contributed by atoms with Crippen LogP contribution in [0.4, 0.5) is 0 Å². The van der Waals surface area contributed by atoms with Gasteiger partial charge in [0.25, 0.3) is 0 Å². The number of rotatable bonds is 9. The highest BCUT2D eigenvalue weighted by atomic mass is 16.5. The fourth-order valence-electron chi connectivity index (χ4n) is 3.40. The molecule has 0 aliphatic heterocycles. The van der Waals surface area contributed by atoms with E-state index in [1.165, 1.54) is 51.4 Å². The van der Waals surface area contributed by atoms with Crippen LogP contribution < -0.4 is 5.32 Å². The Morgan fingerprint density at radius 3 is 2.26 bits per heavy atom. The van der Waals surface area contributed by atoms with E-state index in [9.17, 15) is 0 Å². The molecule has 0 radical (unpaired) electrons. The van der Waals surface area contributed by atoms with Gasteiger partial charge in [0.1, 0.15) is 0 Å². The SMILES string of the molecule is CCCNC(CCC(C)C)C1(OCC)CCCCC1. The van der Waals surface area contributed by atoms with Gasteiger partial charge in [0.2, 0.25) is 0 Å². The van der Waals surface area contributed by atoms with Crippen molar-refractivity contribution in [3.63, 3.8) is 0 Å². The number of hydrogen-bond donors (Lipinski definition) is 1. The standard InChI is InChI=1S/C17H35NO/c1-5-14-18-16(11-10-15(3)4)17(19-6-2)12-8-7-9-13-17/h15-16,18H,5-14H2,1-4H3. The molecule has 1 aliphatic carbocycles. The van der Waals surface area contributed by atoms with Crippen molar-refractivity contribution < 1.29 is 4.74 Å². The van der Waals surface area contributed by atoms with Crippen molar-refractivity contribution in [2.75, 3.05) is 13.2 Å². The Hall–Kier alpha value is -0.0800. The molecule has 1 N–H and O–H groups in total. The predicted molar refractivity (Wildman–Crippen MR) is 83.6 cm³/mol. The van der Waals surface area contributed by atoms with Crippen LogP contribution in [0.15, 0.2) is 0 Å². The lowest BCUT2D eigenvalue weighted by atomic mass is 9.77. The van der Waals surface area contributed by atoms with Crippen LogP contribution in [-0.2, 0) is 4.74 Å². The smallest absolute Gasteiger partial charge is 0.0834 e. The van der Waals surface area contributed by atoms with Gasteiger partial charge in [-0.05, 0) is 51.5 Å². The van der Waals surface area contributed by atoms with E-state index in [2.05, 4.69) is 33.0 Å². The summed E-state index contributed by atoms with van der Waals surface area (Å²) < 4.78 is 6.30. The Morgan fingerprint density at radius 1 is 1.05 bits per heavy atom. The van der Waals surface area contributed by atoms with Crippen molar-refractivity contribution in [3.05, 3.63) is 0 Å². The van der Waals surface area contributed by atoms with Gasteiger partial charge in [-0.1, -0.05) is 40.0 Å². The monoisotopic (exact) mass is 269 g/mol. The van der Waals surface area contributed by atoms with E-state index in [1.54, 1.807) is 0 Å². The molecule has 2 nitrogen and oxygen atoms in total. The van der Waals surface area contributed by atoms with Crippen molar-refractivity contribution in [2.24, 2.45) is 5.92 Å². The summed E-state index contributed by atoms with van der Waals surface area (Å²) in [7, 11) is 0. The van der Waals surface area contributed by atoms with Gasteiger partial charge in [0.05, 0.1) is 5.60 Å². The molecule has 0 bridgehead atoms. The normalized spacial score (nSPS) is 20.7. The Labute approximate surface area is 120 Å². The van der Waals surface area contributed by atoms with Gasteiger partial charge < -0.3 is 10.1 Å². The van der Waals surface area contributed by atoms with Gasteiger partial charge >= 0.3 is 0 Å². The molecule has 1 fully saturated rings. The zero-order chi connectivity index (χ0) is 14.1. The second-order valence-electron chi connectivity index (χ2n) is 6.54. The largest absolute Gasteiger partial charge is 0.374 e. The van der Waals surface area contributed by atoms with Gasteiger partial charge in [0.15, 0.2) is 0 Å². The first-order chi connectivity index (χ1) is 9.14. The van der Waals surface area contributed by atoms with Crippen LogP contribution >= 0.6 is 0 Å². The molecular formula is C17H35NO. The van der Waals surface area contributed by atoms with Crippen LogP contribution in [0.2, 0.25) is 0 Å². The second-order valence-corrected chi connectivity index (χ2v) is 6.54. The molecule has 0 aromatic carbocycles. The topological polar surface area (TPSA) is 21.3 Å². The van der Waals surface area contributed by atoms with Crippen LogP contribution in [0.5, 0.6) is 0 Å². The van der Waals surface area contributed by atoms with E-state index in [4.69, 9.17) is 4.74 Å². The molecule has 0 saturated heterocycles. The minimum Gasteiger partial charge on any atom is -0.374 e. The number of ether oxygens (including phenoxy) is 1. The molecule has 19 heavy (non-hydrogen) atoms. The minimum absolute atomic E-state index is 0.122. The molecule has 0 aromatic heterocycles. The Balaban J connectivity index is 2.69. The third-order valence-electron chi connectivity index (χ3n) is 4.44. The van der Waals surface area contributed by atoms with Crippen molar-refractivity contribution in [1.29, 1.82) is 0 Å². The predicted octanol–water partition coefficient (Wildman–Crippen LogP) is 4.53. The maximum absolute atomic E-state index is 6.30. The highest BCUT2D eigenvalue weighted by molar-refractivity contribution is 4.95. The van der Waals surface area contributed by atoms with Crippen molar-refractivity contribution >= 4 is 0 Å². The molecule has 0 aromatic rings. The molecule has 114 valence electrons. The molecule has 0 spiro atoms. The van der Waals surface area contributed by atoms with Crippen molar-refractivity contribution in [2.45, 2.75) is 90.7 Å². The number of nitrogens with one attached hydrogen (secondary N) is 1. The highest BCUT2D eigenvalue weighted by Crippen LogP contribution is 2.36. The summed E-state index contributed by atoms with van der Waals surface area (Å²) in [5.41, 5.74) is 0.122. The van der Waals surface area contributed by atoms with Gasteiger partial charge in [-0.25, -0.2) is 0 Å². The van der Waals surface area contributed by atoms with Crippen LogP contribution in [-0.4, -0.2) is 24.8 Å². The summed E-state index contributed by atoms with van der Waals surface area (Å²) in [6, 6.07) is 0.551. The summed E-state index contributed by atoms with van der Waals surface area (Å²) in [6.45, 7) is 11.0. The third-order valence-corrected chi connectivity index (χ3v) is 4.44. The van der Waals surface area contributed by atoms with Gasteiger partial charge in [-0.3, -0.25) is 0 Å². The lowest BCUT2D eigenvalue weighted by Crippen LogP contribution is -2.54. The summed E-state index contributed by atoms with van der Waals surface area (Å²) in [5, 5.41) is 3.80. The zero-order valence-electron chi connectivity index (χ0n) is 13.6. The van der Waals surface area contributed by atoms with E-state index in [1.807, 2.05) is 0 Å². The average Bonchev–Trinajstić information content (AvgIpc) is 2.39. The third kappa shape index (κ3) is 5.43. The number of hydrogen-bond acceptors (Lipinski definition) is 2. The Bertz CT molecular complexity index is 216. The van der Waals surface area contributed by atoms with Crippen molar-refractivity contribution in [3.8, 4) is 0 Å². The first-order valence-corrected chi connectivity index (χ1v) is 8.52. The molecule has 2 heteroatoms. The fourth-order valence-corrected chi connectivity index (χ4v) is 3.40. The van der Waals surface area contributed by atoms with E-state index in [0.717, 1.165) is 19.1 Å². The average molecular weight is 269 g/mol. The van der Waals surface area contributed by atoms with Crippen molar-refractivity contribution in [1.82, 2.24) is 5.32 Å². The van der Waals surface area contributed by atoms with Gasteiger partial charge in [-0.2, -0.15) is 0 Å². The zero-order valence-corrected chi connectivity index (χ0v) is 13.6. The molecule has 1 saturated carbocycles. The summed E-state index contributed by atoms with van der Waals surface area (Å²) in [6.07, 6.45) is 10.3. The molecule has 1 unspecified atom stereocenters. The summed E-state index contributed by atoms with van der Waals surface area (Å²) >= 11 is 0. The minimum atomic E-state index is 0.122. The molecule has 1 rings (SSSR count). The van der Waals surface area contributed by atoms with Crippen LogP contribution in [0, 0.1) is 5.92 Å².